The Labute approximate surface area is 120 Å². The van der Waals surface area contributed by atoms with Gasteiger partial charge in [-0.3, -0.25) is 0 Å². The molecule has 1 fully saturated rings. The number of nitrogens with zero attached hydrogens (tertiary/aromatic N) is 1. The summed E-state index contributed by atoms with van der Waals surface area (Å²) in [5.74, 6) is -0.948. The summed E-state index contributed by atoms with van der Waals surface area (Å²) < 4.78 is 28.1. The zero-order chi connectivity index (χ0) is 14.9. The summed E-state index contributed by atoms with van der Waals surface area (Å²) in [5, 5.41) is 3.51. The van der Waals surface area contributed by atoms with Crippen LogP contribution >= 0.6 is 0 Å². The van der Waals surface area contributed by atoms with Gasteiger partial charge in [0.25, 0.3) is 0 Å². The molecule has 2 rings (SSSR count). The third kappa shape index (κ3) is 2.95. The molecule has 20 heavy (non-hydrogen) atoms. The Morgan fingerprint density at radius 1 is 1.25 bits per heavy atom. The van der Waals surface area contributed by atoms with Gasteiger partial charge in [-0.1, -0.05) is 33.8 Å². The molecule has 0 saturated carbocycles. The van der Waals surface area contributed by atoms with Crippen LogP contribution in [0, 0.1) is 17.0 Å². The minimum absolute atomic E-state index is 0.0543. The summed E-state index contributed by atoms with van der Waals surface area (Å²) >= 11 is 0. The number of hydrogen-bond donors (Lipinski definition) is 1. The zero-order valence-corrected chi connectivity index (χ0v) is 12.7. The Morgan fingerprint density at radius 2 is 1.85 bits per heavy atom. The molecule has 112 valence electrons. The Balaban J connectivity index is 2.35. The van der Waals surface area contributed by atoms with Crippen molar-refractivity contribution in [1.29, 1.82) is 0 Å². The van der Waals surface area contributed by atoms with Crippen LogP contribution in [0.25, 0.3) is 0 Å². The lowest BCUT2D eigenvalue weighted by Crippen LogP contribution is -2.60. The largest absolute Gasteiger partial charge is 0.361 e. The number of piperazine rings is 1. The average Bonchev–Trinajstić information content (AvgIpc) is 2.37. The van der Waals surface area contributed by atoms with Gasteiger partial charge in [0.2, 0.25) is 0 Å². The maximum Gasteiger partial charge on any atom is 0.149 e. The van der Waals surface area contributed by atoms with Crippen LogP contribution in [0.5, 0.6) is 0 Å². The van der Waals surface area contributed by atoms with Gasteiger partial charge in [0.1, 0.15) is 17.3 Å². The van der Waals surface area contributed by atoms with E-state index in [2.05, 4.69) is 33.0 Å². The number of nitrogens with one attached hydrogen (secondary N) is 1. The van der Waals surface area contributed by atoms with Gasteiger partial charge in [-0.2, -0.15) is 0 Å². The molecule has 0 spiro atoms. The van der Waals surface area contributed by atoms with Crippen LogP contribution in [0.2, 0.25) is 0 Å². The first-order valence-corrected chi connectivity index (χ1v) is 7.28. The standard InChI is InChI=1S/C16H24F2N2/c1-5-11-9-19-14(16(2,3)4)10-20(11)15-12(17)7-6-8-13(15)18/h6-8,11,14,19H,5,9-10H2,1-4H3. The van der Waals surface area contributed by atoms with E-state index in [1.165, 1.54) is 18.2 Å². The lowest BCUT2D eigenvalue weighted by molar-refractivity contribution is 0.232. The van der Waals surface area contributed by atoms with E-state index in [9.17, 15) is 8.78 Å². The van der Waals surface area contributed by atoms with E-state index < -0.39 is 11.6 Å². The normalized spacial score (nSPS) is 24.0. The van der Waals surface area contributed by atoms with Crippen molar-refractivity contribution in [3.05, 3.63) is 29.8 Å². The quantitative estimate of drug-likeness (QED) is 0.892. The SMILES string of the molecule is CCC1CNC(C(C)(C)C)CN1c1c(F)cccc1F. The van der Waals surface area contributed by atoms with E-state index in [0.717, 1.165) is 13.0 Å². The summed E-state index contributed by atoms with van der Waals surface area (Å²) in [6.07, 6.45) is 0.859. The van der Waals surface area contributed by atoms with Gasteiger partial charge in [-0.25, -0.2) is 8.78 Å². The van der Waals surface area contributed by atoms with Crippen LogP contribution in [0.3, 0.4) is 0 Å². The second-order valence-electron chi connectivity index (χ2n) is 6.61. The van der Waals surface area contributed by atoms with Crippen molar-refractivity contribution in [1.82, 2.24) is 5.32 Å². The van der Waals surface area contributed by atoms with Gasteiger partial charge in [-0.15, -0.1) is 0 Å². The summed E-state index contributed by atoms with van der Waals surface area (Å²) in [5.41, 5.74) is 0.175. The monoisotopic (exact) mass is 282 g/mol. The van der Waals surface area contributed by atoms with Crippen LogP contribution < -0.4 is 10.2 Å². The smallest absolute Gasteiger partial charge is 0.149 e. The molecule has 4 heteroatoms. The Kier molecular flexibility index (Phi) is 4.33. The maximum atomic E-state index is 14.1. The van der Waals surface area contributed by atoms with Crippen molar-refractivity contribution in [2.24, 2.45) is 5.41 Å². The number of hydrogen-bond acceptors (Lipinski definition) is 2. The molecule has 0 aromatic heterocycles. The van der Waals surface area contributed by atoms with Crippen LogP contribution in [0.1, 0.15) is 34.1 Å². The van der Waals surface area contributed by atoms with Crippen molar-refractivity contribution >= 4 is 5.69 Å². The highest BCUT2D eigenvalue weighted by atomic mass is 19.1. The number of rotatable bonds is 2. The molecule has 0 amide bonds. The first kappa shape index (κ1) is 15.2. The molecule has 2 atom stereocenters. The number of halogens is 2. The van der Waals surface area contributed by atoms with Crippen molar-refractivity contribution in [3.8, 4) is 0 Å². The Morgan fingerprint density at radius 3 is 2.35 bits per heavy atom. The molecular weight excluding hydrogens is 258 g/mol. The number of para-hydroxylation sites is 1. The van der Waals surface area contributed by atoms with Gasteiger partial charge < -0.3 is 10.2 Å². The second-order valence-corrected chi connectivity index (χ2v) is 6.61. The van der Waals surface area contributed by atoms with E-state index in [0.29, 0.717) is 6.54 Å². The Bertz CT molecular complexity index is 448. The molecule has 1 aliphatic heterocycles. The predicted molar refractivity (Wildman–Crippen MR) is 79.0 cm³/mol. The third-order valence-electron chi connectivity index (χ3n) is 4.16. The highest BCUT2D eigenvalue weighted by Crippen LogP contribution is 2.31. The first-order valence-electron chi connectivity index (χ1n) is 7.28. The Hall–Kier alpha value is -1.16. The van der Waals surface area contributed by atoms with Crippen LogP contribution in [-0.2, 0) is 0 Å². The second kappa shape index (κ2) is 5.68. The van der Waals surface area contributed by atoms with Crippen molar-refractivity contribution in [2.75, 3.05) is 18.0 Å². The van der Waals surface area contributed by atoms with Gasteiger partial charge in [0, 0.05) is 25.2 Å². The summed E-state index contributed by atoms with van der Waals surface area (Å²) in [4.78, 5) is 1.90. The molecule has 0 bridgehead atoms. The summed E-state index contributed by atoms with van der Waals surface area (Å²) in [6.45, 7) is 9.87. The lowest BCUT2D eigenvalue weighted by Gasteiger charge is -2.46. The summed E-state index contributed by atoms with van der Waals surface area (Å²) in [7, 11) is 0. The predicted octanol–water partition coefficient (Wildman–Crippen LogP) is 3.57. The molecule has 1 aromatic carbocycles. The highest BCUT2D eigenvalue weighted by Gasteiger charge is 2.35. The minimum atomic E-state index is -0.474. The van der Waals surface area contributed by atoms with E-state index in [4.69, 9.17) is 0 Å². The van der Waals surface area contributed by atoms with E-state index in [-0.39, 0.29) is 23.2 Å². The number of benzene rings is 1. The summed E-state index contributed by atoms with van der Waals surface area (Å²) in [6, 6.07) is 4.42. The van der Waals surface area contributed by atoms with Crippen LogP contribution in [0.15, 0.2) is 18.2 Å². The fourth-order valence-electron chi connectivity index (χ4n) is 2.78. The third-order valence-corrected chi connectivity index (χ3v) is 4.16. The molecule has 1 saturated heterocycles. The fraction of sp³-hybridized carbons (Fsp3) is 0.625. The molecule has 2 nitrogen and oxygen atoms in total. The highest BCUT2D eigenvalue weighted by molar-refractivity contribution is 5.51. The van der Waals surface area contributed by atoms with E-state index in [1.807, 2.05) is 4.90 Å². The molecule has 1 N–H and O–H groups in total. The van der Waals surface area contributed by atoms with Crippen molar-refractivity contribution in [3.63, 3.8) is 0 Å². The van der Waals surface area contributed by atoms with Gasteiger partial charge >= 0.3 is 0 Å². The van der Waals surface area contributed by atoms with Crippen LogP contribution in [0.4, 0.5) is 14.5 Å². The molecule has 0 aliphatic carbocycles. The molecule has 2 unspecified atom stereocenters. The van der Waals surface area contributed by atoms with Crippen LogP contribution in [-0.4, -0.2) is 25.2 Å². The molecule has 1 aliphatic rings. The van der Waals surface area contributed by atoms with Gasteiger partial charge in [0.05, 0.1) is 0 Å². The van der Waals surface area contributed by atoms with Crippen molar-refractivity contribution < 1.29 is 8.78 Å². The lowest BCUT2D eigenvalue weighted by atomic mass is 9.84. The topological polar surface area (TPSA) is 15.3 Å². The fourth-order valence-corrected chi connectivity index (χ4v) is 2.78. The molecule has 0 radical (unpaired) electrons. The van der Waals surface area contributed by atoms with Gasteiger partial charge in [0.15, 0.2) is 0 Å². The molecule has 1 heterocycles. The van der Waals surface area contributed by atoms with E-state index >= 15 is 0 Å². The minimum Gasteiger partial charge on any atom is -0.361 e. The maximum absolute atomic E-state index is 14.1. The van der Waals surface area contributed by atoms with Gasteiger partial charge in [-0.05, 0) is 24.0 Å². The first-order chi connectivity index (χ1) is 9.34. The molecule has 1 aromatic rings. The van der Waals surface area contributed by atoms with E-state index in [1.54, 1.807) is 0 Å². The van der Waals surface area contributed by atoms with Crippen molar-refractivity contribution in [2.45, 2.75) is 46.2 Å². The molecular formula is C16H24F2N2. The number of anilines is 1. The average molecular weight is 282 g/mol. The zero-order valence-electron chi connectivity index (χ0n) is 12.7.